The maximum Gasteiger partial charge on any atom is 0.289 e. The van der Waals surface area contributed by atoms with Crippen LogP contribution in [0.5, 0.6) is 17.2 Å². The maximum atomic E-state index is 12.0. The fraction of sp³-hybridized carbons (Fsp3) is 0.400. The molecule has 7 nitrogen and oxygen atoms in total. The van der Waals surface area contributed by atoms with E-state index >= 15 is 0 Å². The molecule has 2 rings (SSSR count). The highest BCUT2D eigenvalue weighted by Gasteiger charge is 2.17. The molecule has 1 heterocycles. The number of nitrogens with one attached hydrogen (secondary N) is 1. The molecule has 0 spiro atoms. The molecule has 0 saturated heterocycles. The van der Waals surface area contributed by atoms with E-state index in [-0.39, 0.29) is 18.2 Å². The molecule has 0 unspecified atom stereocenters. The molecule has 0 atom stereocenters. The van der Waals surface area contributed by atoms with E-state index < -0.39 is 0 Å². The Kier molecular flexibility index (Phi) is 5.35. The lowest BCUT2D eigenvalue weighted by atomic mass is 10.1. The van der Waals surface area contributed by atoms with Crippen LogP contribution in [0.25, 0.3) is 0 Å². The van der Waals surface area contributed by atoms with E-state index in [4.69, 9.17) is 23.7 Å². The summed E-state index contributed by atoms with van der Waals surface area (Å²) in [4.78, 5) is 12.0. The van der Waals surface area contributed by atoms with Crippen molar-refractivity contribution in [3.05, 3.63) is 29.7 Å². The number of rotatable bonds is 6. The van der Waals surface area contributed by atoms with Gasteiger partial charge in [0.1, 0.15) is 25.2 Å². The summed E-state index contributed by atoms with van der Waals surface area (Å²) in [5, 5.41) is 2.74. The van der Waals surface area contributed by atoms with Crippen LogP contribution in [0.1, 0.15) is 5.56 Å². The first kappa shape index (κ1) is 15.8. The molecule has 0 saturated carbocycles. The van der Waals surface area contributed by atoms with E-state index in [1.54, 1.807) is 33.5 Å². The van der Waals surface area contributed by atoms with Crippen LogP contribution in [0, 0.1) is 0 Å². The molecule has 1 N–H and O–H groups in total. The second-order valence-corrected chi connectivity index (χ2v) is 4.40. The van der Waals surface area contributed by atoms with E-state index in [2.05, 4.69) is 5.32 Å². The van der Waals surface area contributed by atoms with Crippen LogP contribution < -0.4 is 19.5 Å². The molecule has 0 radical (unpaired) electrons. The Morgan fingerprint density at radius 3 is 2.36 bits per heavy atom. The molecule has 0 bridgehead atoms. The Hall–Kier alpha value is -2.57. The first-order valence-electron chi connectivity index (χ1n) is 6.71. The van der Waals surface area contributed by atoms with Crippen LogP contribution in [-0.2, 0) is 20.8 Å². The predicted molar refractivity (Wildman–Crippen MR) is 77.9 cm³/mol. The highest BCUT2D eigenvalue weighted by molar-refractivity contribution is 5.91. The largest absolute Gasteiger partial charge is 0.496 e. The molecule has 22 heavy (non-hydrogen) atoms. The van der Waals surface area contributed by atoms with Crippen molar-refractivity contribution in [3.63, 3.8) is 0 Å². The molecule has 0 aromatic heterocycles. The Morgan fingerprint density at radius 1 is 1.09 bits per heavy atom. The molecule has 0 fully saturated rings. The van der Waals surface area contributed by atoms with Crippen molar-refractivity contribution in [3.8, 4) is 17.2 Å². The minimum Gasteiger partial charge on any atom is -0.496 e. The van der Waals surface area contributed by atoms with Crippen LogP contribution in [0.15, 0.2) is 24.2 Å². The quantitative estimate of drug-likeness (QED) is 0.851. The Morgan fingerprint density at radius 2 is 1.77 bits per heavy atom. The molecule has 1 aliphatic rings. The van der Waals surface area contributed by atoms with Gasteiger partial charge in [-0.25, -0.2) is 0 Å². The highest BCUT2D eigenvalue weighted by atomic mass is 16.6. The fourth-order valence-corrected chi connectivity index (χ4v) is 1.98. The van der Waals surface area contributed by atoms with Gasteiger partial charge in [-0.1, -0.05) is 0 Å². The van der Waals surface area contributed by atoms with Gasteiger partial charge in [0.05, 0.1) is 21.3 Å². The third kappa shape index (κ3) is 3.55. The molecule has 1 aromatic rings. The number of hydrogen-bond donors (Lipinski definition) is 1. The number of benzene rings is 1. The number of ether oxygens (including phenoxy) is 5. The number of carbonyl (C=O) groups is 1. The van der Waals surface area contributed by atoms with Gasteiger partial charge in [0.15, 0.2) is 11.5 Å². The first-order valence-corrected chi connectivity index (χ1v) is 6.71. The zero-order valence-corrected chi connectivity index (χ0v) is 12.8. The van der Waals surface area contributed by atoms with Crippen LogP contribution in [0.2, 0.25) is 0 Å². The van der Waals surface area contributed by atoms with Crippen molar-refractivity contribution in [1.29, 1.82) is 0 Å². The highest BCUT2D eigenvalue weighted by Crippen LogP contribution is 2.34. The summed E-state index contributed by atoms with van der Waals surface area (Å²) in [6.07, 6.45) is 1.31. The second-order valence-electron chi connectivity index (χ2n) is 4.40. The molecule has 120 valence electrons. The number of methoxy groups -OCH3 is 3. The van der Waals surface area contributed by atoms with Crippen LogP contribution in [0.3, 0.4) is 0 Å². The maximum absolute atomic E-state index is 12.0. The van der Waals surface area contributed by atoms with Gasteiger partial charge in [-0.3, -0.25) is 4.79 Å². The Labute approximate surface area is 128 Å². The lowest BCUT2D eigenvalue weighted by molar-refractivity contribution is -0.122. The number of amides is 1. The van der Waals surface area contributed by atoms with Gasteiger partial charge in [-0.2, -0.15) is 0 Å². The van der Waals surface area contributed by atoms with Gasteiger partial charge in [-0.15, -0.1) is 0 Å². The van der Waals surface area contributed by atoms with E-state index in [0.29, 0.717) is 30.5 Å². The van der Waals surface area contributed by atoms with Gasteiger partial charge in [0.2, 0.25) is 5.76 Å². The summed E-state index contributed by atoms with van der Waals surface area (Å²) in [5.41, 5.74) is 0.755. The summed E-state index contributed by atoms with van der Waals surface area (Å²) in [6, 6.07) is 3.46. The third-order valence-corrected chi connectivity index (χ3v) is 3.10. The molecule has 0 aliphatic carbocycles. The van der Waals surface area contributed by atoms with Crippen molar-refractivity contribution in [2.24, 2.45) is 0 Å². The lowest BCUT2D eigenvalue weighted by Gasteiger charge is -2.17. The van der Waals surface area contributed by atoms with Crippen LogP contribution in [0.4, 0.5) is 0 Å². The molecule has 1 amide bonds. The summed E-state index contributed by atoms with van der Waals surface area (Å²) >= 11 is 0. The third-order valence-electron chi connectivity index (χ3n) is 3.10. The van der Waals surface area contributed by atoms with Gasteiger partial charge in [-0.05, 0) is 6.07 Å². The van der Waals surface area contributed by atoms with Crippen molar-refractivity contribution < 1.29 is 28.5 Å². The smallest absolute Gasteiger partial charge is 0.289 e. The average molecular weight is 309 g/mol. The summed E-state index contributed by atoms with van der Waals surface area (Å²) in [7, 11) is 4.64. The van der Waals surface area contributed by atoms with Gasteiger partial charge in [0.25, 0.3) is 5.91 Å². The second kappa shape index (κ2) is 7.44. The summed E-state index contributed by atoms with van der Waals surface area (Å²) in [5.74, 6) is 1.51. The van der Waals surface area contributed by atoms with Crippen molar-refractivity contribution >= 4 is 5.91 Å². The predicted octanol–water partition coefficient (Wildman–Crippen LogP) is 1.22. The molecule has 1 aromatic carbocycles. The van der Waals surface area contributed by atoms with Crippen molar-refractivity contribution in [1.82, 2.24) is 5.32 Å². The monoisotopic (exact) mass is 309 g/mol. The minimum atomic E-state index is -0.350. The normalized spacial score (nSPS) is 13.3. The fourth-order valence-electron chi connectivity index (χ4n) is 1.98. The standard InChI is InChI=1S/C15H19NO6/c1-18-11-7-13(20-3)12(19-2)6-10(11)8-16-15(17)14-9-21-4-5-22-14/h6-7,9H,4-5,8H2,1-3H3,(H,16,17). The molecule has 1 aliphatic heterocycles. The van der Waals surface area contributed by atoms with E-state index in [1.165, 1.54) is 6.26 Å². The number of carbonyl (C=O) groups excluding carboxylic acids is 1. The topological polar surface area (TPSA) is 75.2 Å². The Balaban J connectivity index is 2.11. The summed E-state index contributed by atoms with van der Waals surface area (Å²) < 4.78 is 26.0. The first-order chi connectivity index (χ1) is 10.7. The Bertz CT molecular complexity index is 569. The minimum absolute atomic E-state index is 0.158. The lowest BCUT2D eigenvalue weighted by Crippen LogP contribution is -2.28. The van der Waals surface area contributed by atoms with E-state index in [1.807, 2.05) is 0 Å². The van der Waals surface area contributed by atoms with Crippen LogP contribution in [-0.4, -0.2) is 40.5 Å². The van der Waals surface area contributed by atoms with E-state index in [0.717, 1.165) is 5.56 Å². The van der Waals surface area contributed by atoms with Crippen molar-refractivity contribution in [2.45, 2.75) is 6.54 Å². The van der Waals surface area contributed by atoms with Crippen molar-refractivity contribution in [2.75, 3.05) is 34.5 Å². The van der Waals surface area contributed by atoms with E-state index in [9.17, 15) is 4.79 Å². The SMILES string of the molecule is COc1cc(OC)c(OC)cc1CNC(=O)C1=COCCO1. The van der Waals surface area contributed by atoms with Crippen LogP contribution >= 0.6 is 0 Å². The zero-order valence-electron chi connectivity index (χ0n) is 12.8. The average Bonchev–Trinajstić information content (AvgIpc) is 2.59. The summed E-state index contributed by atoms with van der Waals surface area (Å²) in [6.45, 7) is 1.06. The zero-order chi connectivity index (χ0) is 15.9. The molecular formula is C15H19NO6. The molecule has 7 heteroatoms. The van der Waals surface area contributed by atoms with Gasteiger partial charge >= 0.3 is 0 Å². The van der Waals surface area contributed by atoms with Gasteiger partial charge < -0.3 is 29.0 Å². The number of hydrogen-bond acceptors (Lipinski definition) is 6. The molecular weight excluding hydrogens is 290 g/mol. The van der Waals surface area contributed by atoms with Gasteiger partial charge in [0, 0.05) is 18.2 Å².